The van der Waals surface area contributed by atoms with Crippen LogP contribution in [0.25, 0.3) is 0 Å². The predicted octanol–water partition coefficient (Wildman–Crippen LogP) is 0.0526. The van der Waals surface area contributed by atoms with Crippen molar-refractivity contribution >= 4 is 11.7 Å². The molecule has 0 aromatic carbocycles. The number of oxime groups is 1. The lowest BCUT2D eigenvalue weighted by Gasteiger charge is -2.30. The first-order valence-corrected chi connectivity index (χ1v) is 5.32. The van der Waals surface area contributed by atoms with Crippen molar-refractivity contribution < 1.29 is 14.7 Å². The molecule has 1 amide bonds. The SMILES string of the molecule is CC(C(=O)NC1(C)CCOC1C)C(N)=NO. The number of nitrogens with zero attached hydrogens (tertiary/aromatic N) is 1. The lowest BCUT2D eigenvalue weighted by Crippen LogP contribution is -2.53. The van der Waals surface area contributed by atoms with Crippen molar-refractivity contribution in [3.8, 4) is 0 Å². The van der Waals surface area contributed by atoms with E-state index >= 15 is 0 Å². The molecule has 0 aromatic rings. The number of nitrogens with two attached hydrogens (primary N) is 1. The van der Waals surface area contributed by atoms with Gasteiger partial charge in [0.1, 0.15) is 0 Å². The summed E-state index contributed by atoms with van der Waals surface area (Å²) in [5, 5.41) is 14.2. The van der Waals surface area contributed by atoms with Gasteiger partial charge >= 0.3 is 0 Å². The molecule has 3 unspecified atom stereocenters. The van der Waals surface area contributed by atoms with E-state index in [4.69, 9.17) is 15.7 Å². The fourth-order valence-electron chi connectivity index (χ4n) is 1.61. The van der Waals surface area contributed by atoms with Crippen molar-refractivity contribution in [2.45, 2.75) is 38.8 Å². The van der Waals surface area contributed by atoms with Gasteiger partial charge in [0, 0.05) is 6.61 Å². The Morgan fingerprint density at radius 3 is 2.81 bits per heavy atom. The average Bonchev–Trinajstić information content (AvgIpc) is 2.56. The van der Waals surface area contributed by atoms with E-state index in [1.165, 1.54) is 0 Å². The lowest BCUT2D eigenvalue weighted by molar-refractivity contribution is -0.125. The fourth-order valence-corrected chi connectivity index (χ4v) is 1.61. The third-order valence-corrected chi connectivity index (χ3v) is 3.25. The summed E-state index contributed by atoms with van der Waals surface area (Å²) >= 11 is 0. The van der Waals surface area contributed by atoms with Gasteiger partial charge in [-0.1, -0.05) is 5.16 Å². The van der Waals surface area contributed by atoms with E-state index in [2.05, 4.69) is 10.5 Å². The zero-order valence-electron chi connectivity index (χ0n) is 9.86. The van der Waals surface area contributed by atoms with Gasteiger partial charge in [-0.05, 0) is 27.2 Å². The van der Waals surface area contributed by atoms with Gasteiger partial charge in [-0.3, -0.25) is 4.79 Å². The number of ether oxygens (including phenoxy) is 1. The van der Waals surface area contributed by atoms with Crippen LogP contribution in [-0.4, -0.2) is 35.2 Å². The molecule has 3 atom stereocenters. The summed E-state index contributed by atoms with van der Waals surface area (Å²) in [5.41, 5.74) is 5.00. The van der Waals surface area contributed by atoms with Crippen LogP contribution in [0.15, 0.2) is 5.16 Å². The summed E-state index contributed by atoms with van der Waals surface area (Å²) in [5.74, 6) is -0.988. The summed E-state index contributed by atoms with van der Waals surface area (Å²) in [6, 6.07) is 0. The van der Waals surface area contributed by atoms with Crippen molar-refractivity contribution in [2.24, 2.45) is 16.8 Å². The Labute approximate surface area is 94.8 Å². The van der Waals surface area contributed by atoms with Gasteiger partial charge in [0.25, 0.3) is 0 Å². The minimum atomic E-state index is -0.644. The highest BCUT2D eigenvalue weighted by Crippen LogP contribution is 2.25. The van der Waals surface area contributed by atoms with E-state index in [-0.39, 0.29) is 23.4 Å². The minimum absolute atomic E-state index is 0.0315. The van der Waals surface area contributed by atoms with E-state index in [0.717, 1.165) is 6.42 Å². The average molecular weight is 229 g/mol. The van der Waals surface area contributed by atoms with Crippen LogP contribution in [0.2, 0.25) is 0 Å². The van der Waals surface area contributed by atoms with Crippen LogP contribution in [0.4, 0.5) is 0 Å². The number of hydrogen-bond donors (Lipinski definition) is 3. The molecule has 0 aliphatic carbocycles. The first-order valence-electron chi connectivity index (χ1n) is 5.32. The zero-order chi connectivity index (χ0) is 12.3. The molecule has 16 heavy (non-hydrogen) atoms. The summed E-state index contributed by atoms with van der Waals surface area (Å²) in [6.07, 6.45) is 0.735. The molecule has 1 heterocycles. The van der Waals surface area contributed by atoms with E-state index in [1.807, 2.05) is 13.8 Å². The predicted molar refractivity (Wildman–Crippen MR) is 59.2 cm³/mol. The molecule has 6 heteroatoms. The van der Waals surface area contributed by atoms with Gasteiger partial charge in [-0.2, -0.15) is 0 Å². The smallest absolute Gasteiger partial charge is 0.231 e. The largest absolute Gasteiger partial charge is 0.409 e. The standard InChI is InChI=1S/C10H19N3O3/c1-6(8(11)13-15)9(14)12-10(3)4-5-16-7(10)2/h6-7,15H,4-5H2,1-3H3,(H2,11,13)(H,12,14). The Hall–Kier alpha value is -1.30. The van der Waals surface area contributed by atoms with Gasteiger partial charge in [-0.15, -0.1) is 0 Å². The molecule has 1 fully saturated rings. The Morgan fingerprint density at radius 2 is 2.38 bits per heavy atom. The van der Waals surface area contributed by atoms with Crippen LogP contribution in [-0.2, 0) is 9.53 Å². The summed E-state index contributed by atoms with van der Waals surface area (Å²) in [6.45, 7) is 6.08. The number of amidine groups is 1. The van der Waals surface area contributed by atoms with Crippen molar-refractivity contribution in [3.63, 3.8) is 0 Å². The summed E-state index contributed by atoms with van der Waals surface area (Å²) in [7, 11) is 0. The fraction of sp³-hybridized carbons (Fsp3) is 0.800. The van der Waals surface area contributed by atoms with E-state index in [9.17, 15) is 4.79 Å². The molecular formula is C10H19N3O3. The molecule has 1 aliphatic rings. The summed E-state index contributed by atoms with van der Waals surface area (Å²) in [4.78, 5) is 11.8. The molecule has 6 nitrogen and oxygen atoms in total. The molecule has 92 valence electrons. The molecule has 0 spiro atoms. The van der Waals surface area contributed by atoms with Crippen molar-refractivity contribution in [2.75, 3.05) is 6.61 Å². The maximum absolute atomic E-state index is 11.8. The van der Waals surface area contributed by atoms with Gasteiger partial charge in [0.2, 0.25) is 5.91 Å². The van der Waals surface area contributed by atoms with Gasteiger partial charge < -0.3 is 21.0 Å². The van der Waals surface area contributed by atoms with E-state index in [1.54, 1.807) is 6.92 Å². The van der Waals surface area contributed by atoms with Crippen molar-refractivity contribution in [3.05, 3.63) is 0 Å². The number of carbonyl (C=O) groups is 1. The molecule has 0 aromatic heterocycles. The number of rotatable bonds is 3. The Morgan fingerprint density at radius 1 is 1.75 bits per heavy atom. The second kappa shape index (κ2) is 4.69. The molecule has 0 bridgehead atoms. The Bertz CT molecular complexity index is 306. The second-order valence-corrected chi connectivity index (χ2v) is 4.42. The maximum atomic E-state index is 11.8. The highest BCUT2D eigenvalue weighted by molar-refractivity contribution is 6.01. The molecular weight excluding hydrogens is 210 g/mol. The van der Waals surface area contributed by atoms with E-state index < -0.39 is 5.92 Å². The second-order valence-electron chi connectivity index (χ2n) is 4.42. The maximum Gasteiger partial charge on any atom is 0.231 e. The third kappa shape index (κ3) is 2.44. The monoisotopic (exact) mass is 229 g/mol. The molecule has 1 saturated heterocycles. The van der Waals surface area contributed by atoms with Gasteiger partial charge in [-0.25, -0.2) is 0 Å². The first-order chi connectivity index (χ1) is 7.40. The van der Waals surface area contributed by atoms with Crippen LogP contribution < -0.4 is 11.1 Å². The molecule has 4 N–H and O–H groups in total. The lowest BCUT2D eigenvalue weighted by atomic mass is 9.93. The van der Waals surface area contributed by atoms with Crippen LogP contribution in [0.5, 0.6) is 0 Å². The topological polar surface area (TPSA) is 96.9 Å². The number of carbonyl (C=O) groups excluding carboxylic acids is 1. The molecule has 0 radical (unpaired) electrons. The molecule has 1 aliphatic heterocycles. The first kappa shape index (κ1) is 12.8. The van der Waals surface area contributed by atoms with Crippen LogP contribution >= 0.6 is 0 Å². The van der Waals surface area contributed by atoms with Crippen LogP contribution in [0.1, 0.15) is 27.2 Å². The Balaban J connectivity index is 2.64. The summed E-state index contributed by atoms with van der Waals surface area (Å²) < 4.78 is 5.41. The molecule has 1 rings (SSSR count). The highest BCUT2D eigenvalue weighted by Gasteiger charge is 2.39. The normalized spacial score (nSPS) is 32.4. The highest BCUT2D eigenvalue weighted by atomic mass is 16.5. The Kier molecular flexibility index (Phi) is 3.74. The van der Waals surface area contributed by atoms with Gasteiger partial charge in [0.15, 0.2) is 5.84 Å². The quantitative estimate of drug-likeness (QED) is 0.276. The van der Waals surface area contributed by atoms with Crippen LogP contribution in [0, 0.1) is 5.92 Å². The number of nitrogens with one attached hydrogen (secondary N) is 1. The van der Waals surface area contributed by atoms with Crippen LogP contribution in [0.3, 0.4) is 0 Å². The van der Waals surface area contributed by atoms with Crippen molar-refractivity contribution in [1.29, 1.82) is 0 Å². The number of hydrogen-bond acceptors (Lipinski definition) is 4. The minimum Gasteiger partial charge on any atom is -0.409 e. The van der Waals surface area contributed by atoms with Gasteiger partial charge in [0.05, 0.1) is 17.6 Å². The molecule has 0 saturated carbocycles. The zero-order valence-corrected chi connectivity index (χ0v) is 9.86. The van der Waals surface area contributed by atoms with Crippen molar-refractivity contribution in [1.82, 2.24) is 5.32 Å². The van der Waals surface area contributed by atoms with E-state index in [0.29, 0.717) is 6.61 Å². The third-order valence-electron chi connectivity index (χ3n) is 3.25. The number of amides is 1.